The van der Waals surface area contributed by atoms with Gasteiger partial charge in [-0.05, 0) is 24.3 Å². The fourth-order valence-electron chi connectivity index (χ4n) is 3.17. The van der Waals surface area contributed by atoms with Crippen LogP contribution in [0.15, 0.2) is 66.7 Å². The SMILES string of the molecule is O=C(O)CCc1ccc(-c2ccccc2)n1NC(=O)Cc1nc2ccccc2s1. The molecule has 2 heterocycles. The van der Waals surface area contributed by atoms with Crippen LogP contribution in [-0.2, 0) is 22.4 Å². The Morgan fingerprint density at radius 2 is 1.76 bits per heavy atom. The van der Waals surface area contributed by atoms with Gasteiger partial charge in [-0.15, -0.1) is 11.3 Å². The Labute approximate surface area is 171 Å². The Bertz CT molecular complexity index is 1130. The fraction of sp³-hybridized carbons (Fsp3) is 0.136. The molecular formula is C22H19N3O3S. The van der Waals surface area contributed by atoms with Gasteiger partial charge < -0.3 is 5.11 Å². The molecule has 1 amide bonds. The molecule has 0 radical (unpaired) electrons. The van der Waals surface area contributed by atoms with Crippen molar-refractivity contribution in [1.29, 1.82) is 0 Å². The first-order valence-electron chi connectivity index (χ1n) is 9.22. The van der Waals surface area contributed by atoms with Gasteiger partial charge in [-0.25, -0.2) is 4.98 Å². The smallest absolute Gasteiger partial charge is 0.303 e. The summed E-state index contributed by atoms with van der Waals surface area (Å²) in [6.45, 7) is 0. The van der Waals surface area contributed by atoms with Gasteiger partial charge in [0, 0.05) is 17.7 Å². The third-order valence-corrected chi connectivity index (χ3v) is 5.55. The molecule has 0 saturated carbocycles. The number of amides is 1. The van der Waals surface area contributed by atoms with Gasteiger partial charge >= 0.3 is 5.97 Å². The van der Waals surface area contributed by atoms with Crippen LogP contribution in [0.1, 0.15) is 17.1 Å². The summed E-state index contributed by atoms with van der Waals surface area (Å²) < 4.78 is 2.73. The largest absolute Gasteiger partial charge is 0.481 e. The first-order valence-corrected chi connectivity index (χ1v) is 10.0. The zero-order chi connectivity index (χ0) is 20.2. The molecule has 0 atom stereocenters. The maximum Gasteiger partial charge on any atom is 0.303 e. The van der Waals surface area contributed by atoms with Gasteiger partial charge in [0.05, 0.1) is 28.8 Å². The zero-order valence-electron chi connectivity index (χ0n) is 15.5. The molecule has 7 heteroatoms. The highest BCUT2D eigenvalue weighted by Crippen LogP contribution is 2.24. The van der Waals surface area contributed by atoms with E-state index < -0.39 is 5.97 Å². The van der Waals surface area contributed by atoms with Crippen LogP contribution >= 0.6 is 11.3 Å². The summed E-state index contributed by atoms with van der Waals surface area (Å²) in [5.74, 6) is -1.08. The van der Waals surface area contributed by atoms with Crippen molar-refractivity contribution in [2.45, 2.75) is 19.3 Å². The molecule has 6 nitrogen and oxygen atoms in total. The topological polar surface area (TPSA) is 84.2 Å². The second kappa shape index (κ2) is 8.28. The van der Waals surface area contributed by atoms with Crippen molar-refractivity contribution in [2.75, 3.05) is 5.43 Å². The lowest BCUT2D eigenvalue weighted by atomic mass is 10.2. The highest BCUT2D eigenvalue weighted by atomic mass is 32.1. The van der Waals surface area contributed by atoms with E-state index in [9.17, 15) is 9.59 Å². The highest BCUT2D eigenvalue weighted by Gasteiger charge is 2.15. The maximum absolute atomic E-state index is 12.7. The summed E-state index contributed by atoms with van der Waals surface area (Å²) in [6.07, 6.45) is 0.472. The molecule has 0 aliphatic carbocycles. The van der Waals surface area contributed by atoms with Gasteiger partial charge in [0.1, 0.15) is 5.01 Å². The Hall–Kier alpha value is -3.45. The number of hydrogen-bond donors (Lipinski definition) is 2. The van der Waals surface area contributed by atoms with E-state index in [1.807, 2.05) is 66.7 Å². The first kappa shape index (κ1) is 18.9. The van der Waals surface area contributed by atoms with Crippen LogP contribution in [0, 0.1) is 0 Å². The van der Waals surface area contributed by atoms with Gasteiger partial charge in [-0.2, -0.15) is 0 Å². The van der Waals surface area contributed by atoms with Crippen LogP contribution in [0.4, 0.5) is 0 Å². The van der Waals surface area contributed by atoms with Gasteiger partial charge in [0.25, 0.3) is 0 Å². The Balaban J connectivity index is 1.58. The monoisotopic (exact) mass is 405 g/mol. The lowest BCUT2D eigenvalue weighted by Gasteiger charge is -2.14. The average molecular weight is 405 g/mol. The van der Waals surface area contributed by atoms with Crippen molar-refractivity contribution in [3.63, 3.8) is 0 Å². The summed E-state index contributed by atoms with van der Waals surface area (Å²) in [7, 11) is 0. The van der Waals surface area contributed by atoms with E-state index in [2.05, 4.69) is 10.4 Å². The van der Waals surface area contributed by atoms with Crippen molar-refractivity contribution in [2.24, 2.45) is 0 Å². The Morgan fingerprint density at radius 1 is 1.00 bits per heavy atom. The van der Waals surface area contributed by atoms with E-state index in [1.54, 1.807) is 4.68 Å². The summed E-state index contributed by atoms with van der Waals surface area (Å²) in [5.41, 5.74) is 6.30. The van der Waals surface area contributed by atoms with Crippen molar-refractivity contribution in [3.8, 4) is 11.3 Å². The summed E-state index contributed by atoms with van der Waals surface area (Å²) >= 11 is 1.50. The third kappa shape index (κ3) is 4.35. The number of benzene rings is 2. The lowest BCUT2D eigenvalue weighted by Crippen LogP contribution is -2.26. The van der Waals surface area contributed by atoms with E-state index >= 15 is 0 Å². The molecule has 0 fully saturated rings. The van der Waals surface area contributed by atoms with E-state index in [1.165, 1.54) is 11.3 Å². The first-order chi connectivity index (χ1) is 14.1. The van der Waals surface area contributed by atoms with Gasteiger partial charge in [-0.1, -0.05) is 42.5 Å². The lowest BCUT2D eigenvalue weighted by molar-refractivity contribution is -0.137. The van der Waals surface area contributed by atoms with Crippen LogP contribution in [0.5, 0.6) is 0 Å². The Morgan fingerprint density at radius 3 is 2.52 bits per heavy atom. The number of carbonyl (C=O) groups is 2. The van der Waals surface area contributed by atoms with Crippen molar-refractivity contribution in [3.05, 3.63) is 77.4 Å². The molecule has 29 heavy (non-hydrogen) atoms. The predicted molar refractivity (Wildman–Crippen MR) is 114 cm³/mol. The number of hydrogen-bond acceptors (Lipinski definition) is 4. The fourth-order valence-corrected chi connectivity index (χ4v) is 4.14. The van der Waals surface area contributed by atoms with Crippen LogP contribution in [0.2, 0.25) is 0 Å². The number of rotatable bonds is 7. The van der Waals surface area contributed by atoms with Crippen LogP contribution in [0.25, 0.3) is 21.5 Å². The second-order valence-electron chi connectivity index (χ2n) is 6.59. The molecule has 2 aromatic heterocycles. The van der Waals surface area contributed by atoms with E-state index in [-0.39, 0.29) is 18.7 Å². The quantitative estimate of drug-likeness (QED) is 0.485. The number of carboxylic acid groups (broad SMARTS) is 1. The predicted octanol–water partition coefficient (Wildman–Crippen LogP) is 4.09. The molecule has 0 spiro atoms. The normalized spacial score (nSPS) is 10.9. The third-order valence-electron chi connectivity index (χ3n) is 4.51. The number of aromatic nitrogens is 2. The number of fused-ring (bicyclic) bond motifs is 1. The summed E-state index contributed by atoms with van der Waals surface area (Å²) in [6, 6.07) is 21.2. The number of nitrogens with zero attached hydrogens (tertiary/aromatic N) is 2. The highest BCUT2D eigenvalue weighted by molar-refractivity contribution is 7.18. The minimum Gasteiger partial charge on any atom is -0.481 e. The number of aryl methyl sites for hydroxylation is 1. The van der Waals surface area contributed by atoms with Gasteiger partial charge in [-0.3, -0.25) is 19.7 Å². The molecule has 4 aromatic rings. The van der Waals surface area contributed by atoms with Crippen LogP contribution in [-0.4, -0.2) is 26.6 Å². The summed E-state index contributed by atoms with van der Waals surface area (Å²) in [4.78, 5) is 28.3. The van der Waals surface area contributed by atoms with Gasteiger partial charge in [0.2, 0.25) is 5.91 Å². The molecule has 146 valence electrons. The molecule has 4 rings (SSSR count). The molecule has 2 N–H and O–H groups in total. The van der Waals surface area contributed by atoms with Gasteiger partial charge in [0.15, 0.2) is 0 Å². The number of carbonyl (C=O) groups excluding carboxylic acids is 1. The number of aliphatic carboxylic acids is 1. The van der Waals surface area contributed by atoms with Crippen LogP contribution in [0.3, 0.4) is 0 Å². The molecule has 0 unspecified atom stereocenters. The Kier molecular flexibility index (Phi) is 5.39. The van der Waals surface area contributed by atoms with Crippen molar-refractivity contribution in [1.82, 2.24) is 9.66 Å². The van der Waals surface area contributed by atoms with E-state index in [4.69, 9.17) is 5.11 Å². The van der Waals surface area contributed by atoms with E-state index in [0.717, 1.165) is 32.2 Å². The average Bonchev–Trinajstić information content (AvgIpc) is 3.30. The molecule has 2 aromatic carbocycles. The maximum atomic E-state index is 12.7. The number of para-hydroxylation sites is 1. The molecule has 0 aliphatic rings. The second-order valence-corrected chi connectivity index (χ2v) is 7.71. The molecular weight excluding hydrogens is 386 g/mol. The van der Waals surface area contributed by atoms with Crippen molar-refractivity contribution >= 4 is 33.4 Å². The molecule has 0 aliphatic heterocycles. The standard InChI is InChI=1S/C22H19N3O3S/c26-20(14-21-23-17-8-4-5-9-19(17)29-21)24-25-16(11-13-22(27)28)10-12-18(25)15-6-2-1-3-7-15/h1-10,12H,11,13-14H2,(H,24,26)(H,27,28). The molecule has 0 bridgehead atoms. The van der Waals surface area contributed by atoms with Crippen molar-refractivity contribution < 1.29 is 14.7 Å². The summed E-state index contributed by atoms with van der Waals surface area (Å²) in [5, 5.41) is 9.77. The number of nitrogens with one attached hydrogen (secondary N) is 1. The minimum atomic E-state index is -0.875. The number of carboxylic acids is 1. The zero-order valence-corrected chi connectivity index (χ0v) is 16.4. The molecule has 0 saturated heterocycles. The minimum absolute atomic E-state index is 0.00795. The number of thiazole rings is 1. The van der Waals surface area contributed by atoms with Crippen LogP contribution < -0.4 is 5.43 Å². The van der Waals surface area contributed by atoms with E-state index in [0.29, 0.717) is 6.42 Å².